The predicted octanol–water partition coefficient (Wildman–Crippen LogP) is 4.67. The van der Waals surface area contributed by atoms with Crippen molar-refractivity contribution in [1.29, 1.82) is 0 Å². The van der Waals surface area contributed by atoms with E-state index < -0.39 is 5.82 Å². The zero-order valence-corrected chi connectivity index (χ0v) is 18.0. The van der Waals surface area contributed by atoms with Crippen molar-refractivity contribution >= 4 is 23.2 Å². The highest BCUT2D eigenvalue weighted by molar-refractivity contribution is 6.30. The van der Waals surface area contributed by atoms with Gasteiger partial charge in [0.2, 0.25) is 0 Å². The number of hydrogen-bond acceptors (Lipinski definition) is 4. The maximum absolute atomic E-state index is 14.3. The van der Waals surface area contributed by atoms with Gasteiger partial charge in [-0.05, 0) is 61.7 Å². The zero-order chi connectivity index (χ0) is 22.4. The molecule has 0 bridgehead atoms. The summed E-state index contributed by atoms with van der Waals surface area (Å²) >= 11 is 6.08. The molecule has 31 heavy (non-hydrogen) atoms. The topological polar surface area (TPSA) is 72.2 Å². The van der Waals surface area contributed by atoms with Crippen LogP contribution in [0.2, 0.25) is 5.02 Å². The number of aryl methyl sites for hydroxylation is 2. The van der Waals surface area contributed by atoms with E-state index in [0.29, 0.717) is 23.4 Å². The lowest BCUT2D eigenvalue weighted by Crippen LogP contribution is -2.09. The molecule has 0 spiro atoms. The Hall–Kier alpha value is -2.83. The summed E-state index contributed by atoms with van der Waals surface area (Å²) in [7, 11) is 0. The molecular formula is C24H24ClFN2O3. The standard InChI is InChI=1S/C24H24ClFN2O3/c1-16-12-20(28(27-16)19-5-2-4-18(25)15-19)8-9-21(30)13-17-7-10-22(23(26)14-17)24(31)6-3-11-29/h2,4-5,7,10,12,14-15,29H,3,6,8-9,11,13H2,1H3. The van der Waals surface area contributed by atoms with E-state index in [-0.39, 0.29) is 43.0 Å². The second-order valence-corrected chi connectivity index (χ2v) is 7.89. The lowest BCUT2D eigenvalue weighted by atomic mass is 10.00. The second kappa shape index (κ2) is 10.5. The Morgan fingerprint density at radius 3 is 2.65 bits per heavy atom. The third-order valence-corrected chi connectivity index (χ3v) is 5.15. The van der Waals surface area contributed by atoms with Crippen LogP contribution in [0.3, 0.4) is 0 Å². The molecule has 0 fully saturated rings. The number of aromatic nitrogens is 2. The Morgan fingerprint density at radius 2 is 1.94 bits per heavy atom. The highest BCUT2D eigenvalue weighted by atomic mass is 35.5. The molecular weight excluding hydrogens is 419 g/mol. The minimum absolute atomic E-state index is 0.00875. The van der Waals surface area contributed by atoms with Gasteiger partial charge in [0.05, 0.1) is 16.9 Å². The van der Waals surface area contributed by atoms with Gasteiger partial charge >= 0.3 is 0 Å². The summed E-state index contributed by atoms with van der Waals surface area (Å²) in [5, 5.41) is 13.9. The minimum Gasteiger partial charge on any atom is -0.396 e. The predicted molar refractivity (Wildman–Crippen MR) is 117 cm³/mol. The summed E-state index contributed by atoms with van der Waals surface area (Å²) in [6.45, 7) is 1.77. The first kappa shape index (κ1) is 22.8. The molecule has 0 radical (unpaired) electrons. The average Bonchev–Trinajstić information content (AvgIpc) is 3.11. The Kier molecular flexibility index (Phi) is 7.71. The number of nitrogens with zero attached hydrogens (tertiary/aromatic N) is 2. The first-order valence-corrected chi connectivity index (χ1v) is 10.5. The molecule has 1 heterocycles. The number of aliphatic hydroxyl groups is 1. The number of rotatable bonds is 10. The van der Waals surface area contributed by atoms with Crippen LogP contribution in [-0.4, -0.2) is 33.1 Å². The lowest BCUT2D eigenvalue weighted by molar-refractivity contribution is -0.118. The van der Waals surface area contributed by atoms with Gasteiger partial charge in [0.1, 0.15) is 11.6 Å². The van der Waals surface area contributed by atoms with Crippen molar-refractivity contribution in [3.05, 3.63) is 81.9 Å². The Bertz CT molecular complexity index is 1090. The van der Waals surface area contributed by atoms with Crippen molar-refractivity contribution in [1.82, 2.24) is 9.78 Å². The maximum Gasteiger partial charge on any atom is 0.165 e. The highest BCUT2D eigenvalue weighted by Gasteiger charge is 2.14. The summed E-state index contributed by atoms with van der Waals surface area (Å²) in [6.07, 6.45) is 1.25. The lowest BCUT2D eigenvalue weighted by Gasteiger charge is -2.08. The number of ketones is 2. The largest absolute Gasteiger partial charge is 0.396 e. The van der Waals surface area contributed by atoms with Gasteiger partial charge in [-0.3, -0.25) is 9.59 Å². The first-order valence-electron chi connectivity index (χ1n) is 10.1. The van der Waals surface area contributed by atoms with Gasteiger partial charge in [-0.2, -0.15) is 5.10 Å². The van der Waals surface area contributed by atoms with E-state index in [4.69, 9.17) is 16.7 Å². The third kappa shape index (κ3) is 6.09. The molecule has 162 valence electrons. The molecule has 7 heteroatoms. The molecule has 0 aliphatic carbocycles. The number of aliphatic hydroxyl groups excluding tert-OH is 1. The quantitative estimate of drug-likeness (QED) is 0.463. The second-order valence-electron chi connectivity index (χ2n) is 7.45. The molecule has 1 aromatic heterocycles. The van der Waals surface area contributed by atoms with Crippen LogP contribution in [0.4, 0.5) is 4.39 Å². The Balaban J connectivity index is 1.64. The van der Waals surface area contributed by atoms with Crippen LogP contribution < -0.4 is 0 Å². The van der Waals surface area contributed by atoms with Gasteiger partial charge in [-0.25, -0.2) is 9.07 Å². The number of carbonyl (C=O) groups is 2. The van der Waals surface area contributed by atoms with E-state index in [2.05, 4.69) is 5.10 Å². The van der Waals surface area contributed by atoms with Crippen molar-refractivity contribution in [3.63, 3.8) is 0 Å². The number of carbonyl (C=O) groups excluding carboxylic acids is 2. The van der Waals surface area contributed by atoms with Crippen LogP contribution in [0.25, 0.3) is 5.69 Å². The normalized spacial score (nSPS) is 11.0. The molecule has 0 saturated heterocycles. The number of Topliss-reactive ketones (excluding diaryl/α,β-unsaturated/α-hetero) is 2. The summed E-state index contributed by atoms with van der Waals surface area (Å²) in [4.78, 5) is 24.5. The van der Waals surface area contributed by atoms with E-state index >= 15 is 0 Å². The van der Waals surface area contributed by atoms with Crippen LogP contribution in [0.15, 0.2) is 48.5 Å². The molecule has 3 rings (SSSR count). The van der Waals surface area contributed by atoms with Crippen LogP contribution >= 0.6 is 11.6 Å². The van der Waals surface area contributed by atoms with Crippen LogP contribution in [0.1, 0.15) is 46.6 Å². The fourth-order valence-corrected chi connectivity index (χ4v) is 3.60. The van der Waals surface area contributed by atoms with E-state index in [1.54, 1.807) is 16.8 Å². The number of halogens is 2. The van der Waals surface area contributed by atoms with Crippen LogP contribution in [0, 0.1) is 12.7 Å². The molecule has 2 aromatic carbocycles. The maximum atomic E-state index is 14.3. The minimum atomic E-state index is -0.636. The molecule has 0 amide bonds. The van der Waals surface area contributed by atoms with Crippen molar-refractivity contribution < 1.29 is 19.1 Å². The summed E-state index contributed by atoms with van der Waals surface area (Å²) < 4.78 is 16.1. The molecule has 0 unspecified atom stereocenters. The van der Waals surface area contributed by atoms with Gasteiger partial charge in [0, 0.05) is 36.6 Å². The molecule has 1 N–H and O–H groups in total. The van der Waals surface area contributed by atoms with E-state index in [9.17, 15) is 14.0 Å². The molecule has 0 aliphatic heterocycles. The summed E-state index contributed by atoms with van der Waals surface area (Å²) in [5.74, 6) is -1.02. The van der Waals surface area contributed by atoms with Gasteiger partial charge in [0.25, 0.3) is 0 Å². The number of hydrogen-bond donors (Lipinski definition) is 1. The molecule has 3 aromatic rings. The fraction of sp³-hybridized carbons (Fsp3) is 0.292. The van der Waals surface area contributed by atoms with Gasteiger partial charge in [-0.1, -0.05) is 23.7 Å². The smallest absolute Gasteiger partial charge is 0.165 e. The Labute approximate surface area is 185 Å². The van der Waals surface area contributed by atoms with Crippen molar-refractivity contribution in [3.8, 4) is 5.69 Å². The van der Waals surface area contributed by atoms with Gasteiger partial charge in [0.15, 0.2) is 5.78 Å². The molecule has 0 saturated carbocycles. The zero-order valence-electron chi connectivity index (χ0n) is 17.3. The molecule has 5 nitrogen and oxygen atoms in total. The van der Waals surface area contributed by atoms with Crippen molar-refractivity contribution in [2.45, 2.75) is 39.0 Å². The molecule has 0 aliphatic rings. The SMILES string of the molecule is Cc1cc(CCC(=O)Cc2ccc(C(=O)CCCO)c(F)c2)n(-c2cccc(Cl)c2)n1. The fourth-order valence-electron chi connectivity index (χ4n) is 3.42. The van der Waals surface area contributed by atoms with Crippen LogP contribution in [0.5, 0.6) is 0 Å². The van der Waals surface area contributed by atoms with E-state index in [1.165, 1.54) is 12.1 Å². The van der Waals surface area contributed by atoms with Crippen LogP contribution in [-0.2, 0) is 17.6 Å². The van der Waals surface area contributed by atoms with Crippen molar-refractivity contribution in [2.75, 3.05) is 6.61 Å². The summed E-state index contributed by atoms with van der Waals surface area (Å²) in [6, 6.07) is 13.5. The first-order chi connectivity index (χ1) is 14.9. The average molecular weight is 443 g/mol. The van der Waals surface area contributed by atoms with Gasteiger partial charge in [-0.15, -0.1) is 0 Å². The van der Waals surface area contributed by atoms with E-state index in [0.717, 1.165) is 17.1 Å². The third-order valence-electron chi connectivity index (χ3n) is 4.92. The monoisotopic (exact) mass is 442 g/mol. The van der Waals surface area contributed by atoms with E-state index in [1.807, 2.05) is 31.2 Å². The van der Waals surface area contributed by atoms with Crippen molar-refractivity contribution in [2.24, 2.45) is 0 Å². The Morgan fingerprint density at radius 1 is 1.13 bits per heavy atom. The van der Waals surface area contributed by atoms with Gasteiger partial charge < -0.3 is 5.11 Å². The molecule has 0 atom stereocenters. The summed E-state index contributed by atoms with van der Waals surface area (Å²) in [5.41, 5.74) is 3.08. The number of benzene rings is 2. The highest BCUT2D eigenvalue weighted by Crippen LogP contribution is 2.19.